The van der Waals surface area contributed by atoms with Gasteiger partial charge in [-0.2, -0.15) is 0 Å². The average molecular weight is 318 g/mol. The fraction of sp³-hybridized carbons (Fsp3) is 0.500. The first-order valence-corrected chi connectivity index (χ1v) is 6.51. The van der Waals surface area contributed by atoms with Crippen molar-refractivity contribution in [1.82, 2.24) is 14.9 Å². The molecule has 2 heterocycles. The lowest BCUT2D eigenvalue weighted by atomic mass is 10.0. The predicted octanol–water partition coefficient (Wildman–Crippen LogP) is 2.39. The molecule has 1 aliphatic rings. The Bertz CT molecular complexity index is 585. The Kier molecular flexibility index (Phi) is 5.83. The number of hydrogen-bond acceptors (Lipinski definition) is 3. The van der Waals surface area contributed by atoms with Crippen LogP contribution in [0, 0.1) is 13.8 Å². The molecule has 2 unspecified atom stereocenters. The number of aryl methyl sites for hydroxylation is 2. The van der Waals surface area contributed by atoms with Gasteiger partial charge in [0.2, 0.25) is 0 Å². The molecule has 2 atom stereocenters. The van der Waals surface area contributed by atoms with Crippen LogP contribution in [-0.4, -0.2) is 33.9 Å². The van der Waals surface area contributed by atoms with E-state index in [0.717, 1.165) is 29.8 Å². The molecule has 4 nitrogen and oxygen atoms in total. The van der Waals surface area contributed by atoms with Crippen molar-refractivity contribution in [2.45, 2.75) is 32.4 Å². The normalized spacial score (nSPS) is 22.1. The molecule has 112 valence electrons. The van der Waals surface area contributed by atoms with Crippen LogP contribution in [0.1, 0.15) is 23.9 Å². The molecule has 0 bridgehead atoms. The number of hydrogen-bond donors (Lipinski definition) is 2. The maximum atomic E-state index is 10.2. The first-order chi connectivity index (χ1) is 8.66. The van der Waals surface area contributed by atoms with Crippen LogP contribution in [0.25, 0.3) is 11.0 Å². The number of aliphatic hydroxyl groups is 1. The molecule has 3 rings (SSSR count). The van der Waals surface area contributed by atoms with Gasteiger partial charge in [-0.3, -0.25) is 0 Å². The fourth-order valence-corrected chi connectivity index (χ4v) is 2.88. The molecule has 1 aromatic heterocycles. The molecule has 1 fully saturated rings. The number of nitrogens with zero attached hydrogens (tertiary/aromatic N) is 2. The zero-order valence-corrected chi connectivity index (χ0v) is 13.3. The van der Waals surface area contributed by atoms with Gasteiger partial charge in [-0.15, -0.1) is 24.8 Å². The molecular formula is C14H21Cl2N3O. The van der Waals surface area contributed by atoms with E-state index in [-0.39, 0.29) is 37.0 Å². The van der Waals surface area contributed by atoms with Crippen molar-refractivity contribution >= 4 is 35.8 Å². The van der Waals surface area contributed by atoms with Gasteiger partial charge in [-0.1, -0.05) is 6.07 Å². The minimum atomic E-state index is -0.337. The number of benzene rings is 1. The van der Waals surface area contributed by atoms with Crippen LogP contribution >= 0.6 is 24.8 Å². The quantitative estimate of drug-likeness (QED) is 0.849. The van der Waals surface area contributed by atoms with Crippen LogP contribution in [0.15, 0.2) is 18.2 Å². The molecule has 2 aromatic rings. The highest BCUT2D eigenvalue weighted by Crippen LogP contribution is 2.27. The molecule has 0 amide bonds. The maximum absolute atomic E-state index is 10.2. The second kappa shape index (κ2) is 6.76. The lowest BCUT2D eigenvalue weighted by molar-refractivity contribution is 0.0881. The summed E-state index contributed by atoms with van der Waals surface area (Å²) in [6.45, 7) is 5.71. The maximum Gasteiger partial charge on any atom is 0.107 e. The van der Waals surface area contributed by atoms with E-state index in [1.807, 2.05) is 6.92 Å². The Balaban J connectivity index is 0.000001000. The van der Waals surface area contributed by atoms with Crippen LogP contribution in [-0.2, 0) is 0 Å². The summed E-state index contributed by atoms with van der Waals surface area (Å²) in [7, 11) is 0. The summed E-state index contributed by atoms with van der Waals surface area (Å²) in [5, 5.41) is 13.4. The van der Waals surface area contributed by atoms with Gasteiger partial charge in [0.25, 0.3) is 0 Å². The summed E-state index contributed by atoms with van der Waals surface area (Å²) in [6, 6.07) is 6.46. The van der Waals surface area contributed by atoms with Crippen molar-refractivity contribution in [3.05, 3.63) is 29.6 Å². The van der Waals surface area contributed by atoms with Crippen molar-refractivity contribution in [1.29, 1.82) is 0 Å². The van der Waals surface area contributed by atoms with Gasteiger partial charge in [0, 0.05) is 6.54 Å². The lowest BCUT2D eigenvalue weighted by Crippen LogP contribution is -2.41. The second-order valence-electron chi connectivity index (χ2n) is 5.15. The number of halogens is 2. The summed E-state index contributed by atoms with van der Waals surface area (Å²) in [4.78, 5) is 4.62. The standard InChI is InChI=1S/C14H19N3O.2ClH/c1-9-3-4-12-11(7-9)16-10(2)17(12)13-5-6-15-8-14(13)18;;/h3-4,7,13-15,18H,5-6,8H2,1-2H3;2*1H. The van der Waals surface area contributed by atoms with Gasteiger partial charge in [0.15, 0.2) is 0 Å². The highest BCUT2D eigenvalue weighted by atomic mass is 35.5. The summed E-state index contributed by atoms with van der Waals surface area (Å²) in [5.41, 5.74) is 3.38. The minimum Gasteiger partial charge on any atom is -0.390 e. The molecule has 0 spiro atoms. The van der Waals surface area contributed by atoms with Gasteiger partial charge >= 0.3 is 0 Å². The number of imidazole rings is 1. The Morgan fingerprint density at radius 1 is 1.30 bits per heavy atom. The Hall–Kier alpha value is -0.810. The van der Waals surface area contributed by atoms with E-state index in [9.17, 15) is 5.11 Å². The Labute approximate surface area is 131 Å². The summed E-state index contributed by atoms with van der Waals surface area (Å²) in [6.07, 6.45) is 0.609. The molecule has 1 aliphatic heterocycles. The van der Waals surface area contributed by atoms with Crippen molar-refractivity contribution in [2.24, 2.45) is 0 Å². The van der Waals surface area contributed by atoms with Crippen molar-refractivity contribution in [3.8, 4) is 0 Å². The molecule has 6 heteroatoms. The first kappa shape index (κ1) is 17.2. The second-order valence-corrected chi connectivity index (χ2v) is 5.15. The van der Waals surface area contributed by atoms with Crippen molar-refractivity contribution in [2.75, 3.05) is 13.1 Å². The average Bonchev–Trinajstić information content (AvgIpc) is 2.65. The summed E-state index contributed by atoms with van der Waals surface area (Å²) >= 11 is 0. The molecule has 1 aromatic carbocycles. The van der Waals surface area contributed by atoms with E-state index in [4.69, 9.17) is 0 Å². The van der Waals surface area contributed by atoms with Gasteiger partial charge in [0.1, 0.15) is 5.82 Å². The number of rotatable bonds is 1. The number of fused-ring (bicyclic) bond motifs is 1. The van der Waals surface area contributed by atoms with Crippen LogP contribution < -0.4 is 5.32 Å². The van der Waals surface area contributed by atoms with Crippen molar-refractivity contribution < 1.29 is 5.11 Å². The SMILES string of the molecule is Cc1ccc2c(c1)nc(C)n2C1CCNCC1O.Cl.Cl. The third kappa shape index (κ3) is 2.93. The molecule has 2 N–H and O–H groups in total. The smallest absolute Gasteiger partial charge is 0.107 e. The lowest BCUT2D eigenvalue weighted by Gasteiger charge is -2.30. The van der Waals surface area contributed by atoms with E-state index in [1.54, 1.807) is 0 Å². The van der Waals surface area contributed by atoms with Crippen molar-refractivity contribution in [3.63, 3.8) is 0 Å². The first-order valence-electron chi connectivity index (χ1n) is 6.51. The monoisotopic (exact) mass is 317 g/mol. The van der Waals surface area contributed by atoms with Gasteiger partial charge in [-0.05, 0) is 44.5 Å². The zero-order chi connectivity index (χ0) is 12.7. The van der Waals surface area contributed by atoms with Crippen LogP contribution in [0.3, 0.4) is 0 Å². The summed E-state index contributed by atoms with van der Waals surface area (Å²) < 4.78 is 2.19. The van der Waals surface area contributed by atoms with Gasteiger partial charge in [-0.25, -0.2) is 4.98 Å². The summed E-state index contributed by atoms with van der Waals surface area (Å²) in [5.74, 6) is 0.988. The third-order valence-electron chi connectivity index (χ3n) is 3.77. The number of β-amino-alcohol motifs (C(OH)–C–C–N with tert-alkyl or cyclic N) is 1. The highest BCUT2D eigenvalue weighted by molar-refractivity contribution is 5.85. The van der Waals surface area contributed by atoms with E-state index in [0.29, 0.717) is 6.54 Å². The van der Waals surface area contributed by atoms with E-state index in [1.165, 1.54) is 5.56 Å². The minimum absolute atomic E-state index is 0. The molecular weight excluding hydrogens is 297 g/mol. The molecule has 0 radical (unpaired) electrons. The van der Waals surface area contributed by atoms with Crippen LogP contribution in [0.2, 0.25) is 0 Å². The van der Waals surface area contributed by atoms with E-state index in [2.05, 4.69) is 40.0 Å². The van der Waals surface area contributed by atoms with Crippen LogP contribution in [0.5, 0.6) is 0 Å². The number of nitrogens with one attached hydrogen (secondary N) is 1. The fourth-order valence-electron chi connectivity index (χ4n) is 2.88. The molecule has 0 saturated carbocycles. The highest BCUT2D eigenvalue weighted by Gasteiger charge is 2.26. The number of aromatic nitrogens is 2. The predicted molar refractivity (Wildman–Crippen MR) is 86.2 cm³/mol. The topological polar surface area (TPSA) is 50.1 Å². The molecule has 20 heavy (non-hydrogen) atoms. The largest absolute Gasteiger partial charge is 0.390 e. The number of piperidine rings is 1. The third-order valence-corrected chi connectivity index (χ3v) is 3.77. The molecule has 1 saturated heterocycles. The van der Waals surface area contributed by atoms with Crippen LogP contribution in [0.4, 0.5) is 0 Å². The van der Waals surface area contributed by atoms with Gasteiger partial charge < -0.3 is 15.0 Å². The zero-order valence-electron chi connectivity index (χ0n) is 11.7. The van der Waals surface area contributed by atoms with Gasteiger partial charge in [0.05, 0.1) is 23.2 Å². The molecule has 0 aliphatic carbocycles. The van der Waals surface area contributed by atoms with E-state index < -0.39 is 0 Å². The Morgan fingerprint density at radius 3 is 2.75 bits per heavy atom. The Morgan fingerprint density at radius 2 is 2.05 bits per heavy atom. The number of aliphatic hydroxyl groups excluding tert-OH is 1. The van der Waals surface area contributed by atoms with E-state index >= 15 is 0 Å².